The van der Waals surface area contributed by atoms with Crippen LogP contribution in [0.3, 0.4) is 0 Å². The molecule has 0 fully saturated rings. The Hall–Kier alpha value is 0.650. The molecular formula is C19H41INO+. The van der Waals surface area contributed by atoms with E-state index in [1.165, 1.54) is 83.6 Å². The van der Waals surface area contributed by atoms with Gasteiger partial charge in [-0.1, -0.05) is 93.7 Å². The standard InChI is InChI=1S/C19H41INO/c1-4-5-6-7-8-9-10-11-12-13-14-15-16-21(2,3)18-19(22)17-20/h19,22H,4-18H2,1-3H3/q+1. The van der Waals surface area contributed by atoms with Crippen LogP contribution in [0.25, 0.3) is 0 Å². The molecule has 0 aromatic rings. The Balaban J connectivity index is 3.29. The van der Waals surface area contributed by atoms with Crippen molar-refractivity contribution in [1.82, 2.24) is 0 Å². The number of aliphatic hydroxyl groups excluding tert-OH is 1. The molecule has 0 amide bonds. The number of unbranched alkanes of at least 4 members (excludes halogenated alkanes) is 11. The van der Waals surface area contributed by atoms with Crippen LogP contribution in [0.5, 0.6) is 0 Å². The van der Waals surface area contributed by atoms with E-state index >= 15 is 0 Å². The number of rotatable bonds is 16. The molecule has 0 aliphatic rings. The second-order valence-corrected chi connectivity index (χ2v) is 8.42. The van der Waals surface area contributed by atoms with Gasteiger partial charge >= 0.3 is 0 Å². The molecule has 0 saturated heterocycles. The summed E-state index contributed by atoms with van der Waals surface area (Å²) in [5.74, 6) is 0. The van der Waals surface area contributed by atoms with Crippen LogP contribution in [0.15, 0.2) is 0 Å². The van der Waals surface area contributed by atoms with E-state index < -0.39 is 0 Å². The lowest BCUT2D eigenvalue weighted by atomic mass is 10.1. The second kappa shape index (κ2) is 15.2. The van der Waals surface area contributed by atoms with Crippen LogP contribution in [0.1, 0.15) is 84.0 Å². The van der Waals surface area contributed by atoms with Crippen molar-refractivity contribution in [3.63, 3.8) is 0 Å². The van der Waals surface area contributed by atoms with Crippen LogP contribution in [-0.2, 0) is 0 Å². The van der Waals surface area contributed by atoms with Crippen LogP contribution in [0.4, 0.5) is 0 Å². The number of halogens is 1. The number of hydrogen-bond acceptors (Lipinski definition) is 1. The van der Waals surface area contributed by atoms with Gasteiger partial charge in [0.2, 0.25) is 0 Å². The van der Waals surface area contributed by atoms with Crippen molar-refractivity contribution >= 4 is 22.6 Å². The molecule has 0 radical (unpaired) electrons. The maximum absolute atomic E-state index is 9.76. The van der Waals surface area contributed by atoms with E-state index in [0.29, 0.717) is 0 Å². The van der Waals surface area contributed by atoms with Gasteiger partial charge in [-0.25, -0.2) is 0 Å². The summed E-state index contributed by atoms with van der Waals surface area (Å²) in [7, 11) is 4.49. The van der Waals surface area contributed by atoms with Gasteiger partial charge in [-0.3, -0.25) is 0 Å². The topological polar surface area (TPSA) is 20.2 Å². The summed E-state index contributed by atoms with van der Waals surface area (Å²) in [6.45, 7) is 4.37. The number of hydrogen-bond donors (Lipinski definition) is 1. The van der Waals surface area contributed by atoms with Crippen molar-refractivity contribution in [2.24, 2.45) is 0 Å². The molecule has 0 spiro atoms. The fourth-order valence-corrected chi connectivity index (χ4v) is 3.37. The molecule has 134 valence electrons. The van der Waals surface area contributed by atoms with E-state index in [1.54, 1.807) is 0 Å². The highest BCUT2D eigenvalue weighted by molar-refractivity contribution is 14.1. The first-order chi connectivity index (χ1) is 10.5. The number of aliphatic hydroxyl groups is 1. The Morgan fingerprint density at radius 1 is 0.773 bits per heavy atom. The fraction of sp³-hybridized carbons (Fsp3) is 1.00. The Morgan fingerprint density at radius 3 is 1.59 bits per heavy atom. The number of alkyl halides is 1. The SMILES string of the molecule is CCCCCCCCCCCCCC[N+](C)(C)CC(O)CI. The van der Waals surface area contributed by atoms with Crippen molar-refractivity contribution in [2.75, 3.05) is 31.6 Å². The Labute approximate surface area is 153 Å². The second-order valence-electron chi connectivity index (χ2n) is 7.54. The molecule has 3 heteroatoms. The summed E-state index contributed by atoms with van der Waals surface area (Å²) in [4.78, 5) is 0. The quantitative estimate of drug-likeness (QED) is 0.148. The van der Waals surface area contributed by atoms with Crippen molar-refractivity contribution in [3.05, 3.63) is 0 Å². The van der Waals surface area contributed by atoms with Gasteiger partial charge in [0.05, 0.1) is 20.6 Å². The third kappa shape index (κ3) is 15.5. The largest absolute Gasteiger partial charge is 0.386 e. The zero-order chi connectivity index (χ0) is 16.7. The summed E-state index contributed by atoms with van der Waals surface area (Å²) >= 11 is 2.27. The monoisotopic (exact) mass is 426 g/mol. The molecule has 0 rings (SSSR count). The summed E-state index contributed by atoms with van der Waals surface area (Å²) in [6, 6.07) is 0. The van der Waals surface area contributed by atoms with Gasteiger partial charge in [0.25, 0.3) is 0 Å². The average Bonchev–Trinajstić information content (AvgIpc) is 2.47. The Bertz CT molecular complexity index is 233. The van der Waals surface area contributed by atoms with Gasteiger partial charge in [0, 0.05) is 4.43 Å². The van der Waals surface area contributed by atoms with Gasteiger partial charge in [-0.15, -0.1) is 0 Å². The van der Waals surface area contributed by atoms with Gasteiger partial charge in [-0.05, 0) is 12.8 Å². The molecule has 0 bridgehead atoms. The highest BCUT2D eigenvalue weighted by Crippen LogP contribution is 2.13. The molecule has 0 saturated carbocycles. The van der Waals surface area contributed by atoms with Crippen molar-refractivity contribution in [3.8, 4) is 0 Å². The predicted octanol–water partition coefficient (Wildman–Crippen LogP) is 5.56. The van der Waals surface area contributed by atoms with Crippen molar-refractivity contribution in [1.29, 1.82) is 0 Å². The van der Waals surface area contributed by atoms with E-state index in [2.05, 4.69) is 43.6 Å². The molecule has 1 atom stereocenters. The van der Waals surface area contributed by atoms with Crippen LogP contribution < -0.4 is 0 Å². The molecule has 0 heterocycles. The third-order valence-corrected chi connectivity index (χ3v) is 5.52. The van der Waals surface area contributed by atoms with Gasteiger partial charge in [-0.2, -0.15) is 0 Å². The molecular weight excluding hydrogens is 385 g/mol. The summed E-state index contributed by atoms with van der Waals surface area (Å²) < 4.78 is 1.81. The number of nitrogens with zero attached hydrogens (tertiary/aromatic N) is 1. The lowest BCUT2D eigenvalue weighted by Gasteiger charge is -2.31. The first-order valence-electron chi connectivity index (χ1n) is 9.58. The minimum Gasteiger partial charge on any atom is -0.386 e. The zero-order valence-electron chi connectivity index (χ0n) is 15.5. The van der Waals surface area contributed by atoms with E-state index in [-0.39, 0.29) is 6.10 Å². The first kappa shape index (κ1) is 22.6. The van der Waals surface area contributed by atoms with Gasteiger partial charge < -0.3 is 9.59 Å². The molecule has 2 nitrogen and oxygen atoms in total. The summed E-state index contributed by atoms with van der Waals surface area (Å²) in [5, 5.41) is 9.76. The minimum atomic E-state index is -0.145. The Morgan fingerprint density at radius 2 is 1.18 bits per heavy atom. The molecule has 1 unspecified atom stereocenters. The zero-order valence-corrected chi connectivity index (χ0v) is 17.6. The predicted molar refractivity (Wildman–Crippen MR) is 108 cm³/mol. The molecule has 0 aromatic heterocycles. The fourth-order valence-electron chi connectivity index (χ4n) is 3.09. The average molecular weight is 426 g/mol. The lowest BCUT2D eigenvalue weighted by Crippen LogP contribution is -2.46. The third-order valence-electron chi connectivity index (χ3n) is 4.50. The highest BCUT2D eigenvalue weighted by Gasteiger charge is 2.18. The molecule has 0 aliphatic heterocycles. The molecule has 22 heavy (non-hydrogen) atoms. The van der Waals surface area contributed by atoms with Gasteiger partial charge in [0.1, 0.15) is 12.6 Å². The van der Waals surface area contributed by atoms with Crippen molar-refractivity contribution < 1.29 is 9.59 Å². The normalized spacial score (nSPS) is 13.5. The summed E-state index contributed by atoms with van der Waals surface area (Å²) in [6.07, 6.45) is 16.8. The van der Waals surface area contributed by atoms with Crippen molar-refractivity contribution in [2.45, 2.75) is 90.1 Å². The lowest BCUT2D eigenvalue weighted by molar-refractivity contribution is -0.893. The van der Waals surface area contributed by atoms with Crippen LogP contribution in [0.2, 0.25) is 0 Å². The first-order valence-corrected chi connectivity index (χ1v) is 11.1. The molecule has 0 aromatic carbocycles. The number of quaternary nitrogens is 1. The Kier molecular flexibility index (Phi) is 15.6. The minimum absolute atomic E-state index is 0.145. The van der Waals surface area contributed by atoms with Crippen LogP contribution in [-0.4, -0.2) is 47.3 Å². The smallest absolute Gasteiger partial charge is 0.112 e. The van der Waals surface area contributed by atoms with E-state index in [9.17, 15) is 5.11 Å². The summed E-state index contributed by atoms with van der Waals surface area (Å²) in [5.41, 5.74) is 0. The van der Waals surface area contributed by atoms with Gasteiger partial charge in [0.15, 0.2) is 0 Å². The molecule has 0 aliphatic carbocycles. The van der Waals surface area contributed by atoms with Crippen LogP contribution in [0, 0.1) is 0 Å². The van der Waals surface area contributed by atoms with Crippen LogP contribution >= 0.6 is 22.6 Å². The van der Waals surface area contributed by atoms with E-state index in [4.69, 9.17) is 0 Å². The van der Waals surface area contributed by atoms with E-state index in [1.807, 2.05) is 0 Å². The number of likely N-dealkylation sites (N-methyl/N-ethyl adjacent to an activating group) is 1. The molecule has 1 N–H and O–H groups in total. The maximum Gasteiger partial charge on any atom is 0.112 e. The highest BCUT2D eigenvalue weighted by atomic mass is 127. The maximum atomic E-state index is 9.76. The van der Waals surface area contributed by atoms with E-state index in [0.717, 1.165) is 15.5 Å².